The van der Waals surface area contributed by atoms with Gasteiger partial charge in [-0.3, -0.25) is 38.4 Å². The van der Waals surface area contributed by atoms with Crippen molar-refractivity contribution in [2.24, 2.45) is 5.92 Å². The van der Waals surface area contributed by atoms with E-state index in [1.54, 1.807) is 24.3 Å². The Morgan fingerprint density at radius 3 is 1.79 bits per heavy atom. The number of ether oxygens (including phenoxy) is 1. The second-order valence-corrected chi connectivity index (χ2v) is 21.0. The van der Waals surface area contributed by atoms with Gasteiger partial charge in [-0.15, -0.1) is 0 Å². The molecule has 3 saturated heterocycles. The van der Waals surface area contributed by atoms with Crippen LogP contribution in [-0.4, -0.2) is 187 Å². The molecule has 4 aromatic rings. The molecule has 0 aromatic heterocycles. The maximum absolute atomic E-state index is 14.4. The van der Waals surface area contributed by atoms with Crippen LogP contribution in [0, 0.1) is 5.92 Å². The molecular weight excluding hydrogens is 1050 g/mol. The van der Waals surface area contributed by atoms with Gasteiger partial charge in [-0.05, 0) is 84.5 Å². The zero-order valence-electron chi connectivity index (χ0n) is 45.5. The van der Waals surface area contributed by atoms with Gasteiger partial charge in [0.25, 0.3) is 5.91 Å². The molecule has 4 aromatic carbocycles. The van der Waals surface area contributed by atoms with Crippen LogP contribution in [0.2, 0.25) is 0 Å². The normalized spacial score (nSPS) is 25.4. The van der Waals surface area contributed by atoms with Crippen LogP contribution in [0.1, 0.15) is 69.3 Å². The van der Waals surface area contributed by atoms with Crippen LogP contribution in [-0.2, 0) is 40.0 Å². The topological polar surface area (TPSA) is 346 Å². The molecule has 12 atom stereocenters. The number of carbonyl (C=O) groups is 8. The van der Waals surface area contributed by atoms with Gasteiger partial charge in [-0.25, -0.2) is 0 Å². The summed E-state index contributed by atoms with van der Waals surface area (Å²) in [7, 11) is 0. The number of aliphatic hydroxyl groups is 5. The van der Waals surface area contributed by atoms with Crippen LogP contribution >= 0.6 is 0 Å². The number of carbonyl (C=O) groups excluding carboxylic acids is 8. The molecule has 23 heteroatoms. The molecule has 2 unspecified atom stereocenters. The van der Waals surface area contributed by atoms with E-state index in [1.807, 2.05) is 48.5 Å². The van der Waals surface area contributed by atoms with Crippen LogP contribution in [0.15, 0.2) is 97.1 Å². The van der Waals surface area contributed by atoms with Crippen LogP contribution in [0.25, 0.3) is 22.3 Å². The van der Waals surface area contributed by atoms with Crippen LogP contribution < -0.4 is 36.6 Å². The Hall–Kier alpha value is -7.96. The number of nitrogens with zero attached hydrogens (tertiary/aromatic N) is 2. The highest BCUT2D eigenvalue weighted by molar-refractivity contribution is 6.00. The lowest BCUT2D eigenvalue weighted by molar-refractivity contribution is -0.147. The fraction of sp³-hybridized carbons (Fsp3) is 0.448. The number of aliphatic hydroxyl groups excluding tert-OH is 5. The molecule has 0 saturated carbocycles. The Morgan fingerprint density at radius 2 is 1.21 bits per heavy atom. The average molecular weight is 1120 g/mol. The molecular formula is C58H72N8O15. The molecule has 81 heavy (non-hydrogen) atoms. The largest absolute Gasteiger partial charge is 0.508 e. The number of aromatic hydroxyl groups is 1. The van der Waals surface area contributed by atoms with Gasteiger partial charge in [0.1, 0.15) is 47.8 Å². The molecule has 23 nitrogen and oxygen atoms in total. The monoisotopic (exact) mass is 1120 g/mol. The number of amides is 8. The van der Waals surface area contributed by atoms with E-state index in [4.69, 9.17) is 4.74 Å². The van der Waals surface area contributed by atoms with E-state index in [2.05, 4.69) is 38.8 Å². The number of nitrogens with one attached hydrogen (secondary N) is 6. The lowest BCUT2D eigenvalue weighted by Crippen LogP contribution is -2.64. The van der Waals surface area contributed by atoms with E-state index in [9.17, 15) is 69.0 Å². The summed E-state index contributed by atoms with van der Waals surface area (Å²) in [6, 6.07) is 17.1. The minimum absolute atomic E-state index is 0.108. The van der Waals surface area contributed by atoms with Crippen molar-refractivity contribution in [2.45, 2.75) is 127 Å². The van der Waals surface area contributed by atoms with Crippen molar-refractivity contribution in [1.82, 2.24) is 41.7 Å². The predicted molar refractivity (Wildman–Crippen MR) is 293 cm³/mol. The molecule has 0 bridgehead atoms. The van der Waals surface area contributed by atoms with E-state index in [0.29, 0.717) is 12.2 Å². The molecule has 8 amide bonds. The first kappa shape index (κ1) is 60.7. The molecule has 7 rings (SSSR count). The van der Waals surface area contributed by atoms with Gasteiger partial charge in [0.2, 0.25) is 41.4 Å². The number of hydrogen-bond acceptors (Lipinski definition) is 15. The molecule has 0 aliphatic carbocycles. The van der Waals surface area contributed by atoms with E-state index in [0.717, 1.165) is 70.9 Å². The SMILES string of the molecule is CCCCCOc1ccc(-c2ccc(-c3ccc(C(=O)NC[C@H]4NC(=O)CNC(=O)[C@@H]5[C@@H](O)[C@@H](C)CN5C(=O)[C@H](C(C)O)NC(=O)[C@H]([C@H](O)Cc5ccc(O)cc5)NC(=O)[C@@H]5C[C@@H](O)CN5C(=O)[C@H](C(C)O)NC4=O)cc3)cc2)cc1. The first-order chi connectivity index (χ1) is 38.6. The second-order valence-electron chi connectivity index (χ2n) is 21.0. The molecule has 0 radical (unpaired) electrons. The summed E-state index contributed by atoms with van der Waals surface area (Å²) in [5, 5.41) is 80.0. The Morgan fingerprint density at radius 1 is 0.667 bits per heavy atom. The third-order valence-corrected chi connectivity index (χ3v) is 14.7. The third-order valence-electron chi connectivity index (χ3n) is 14.7. The summed E-state index contributed by atoms with van der Waals surface area (Å²) in [5.74, 6) is -8.39. The molecule has 3 aliphatic heterocycles. The fourth-order valence-corrected chi connectivity index (χ4v) is 10.0. The van der Waals surface area contributed by atoms with Gasteiger partial charge in [0.05, 0.1) is 43.7 Å². The Kier molecular flexibility index (Phi) is 20.6. The van der Waals surface area contributed by atoms with Crippen molar-refractivity contribution in [3.63, 3.8) is 0 Å². The molecule has 3 aliphatic rings. The van der Waals surface area contributed by atoms with Crippen LogP contribution in [0.3, 0.4) is 0 Å². The first-order valence-corrected chi connectivity index (χ1v) is 27.1. The van der Waals surface area contributed by atoms with Gasteiger partial charge >= 0.3 is 0 Å². The van der Waals surface area contributed by atoms with Crippen molar-refractivity contribution in [3.05, 3.63) is 108 Å². The van der Waals surface area contributed by atoms with Crippen LogP contribution in [0.4, 0.5) is 0 Å². The zero-order chi connectivity index (χ0) is 58.7. The van der Waals surface area contributed by atoms with Crippen molar-refractivity contribution in [2.75, 3.05) is 32.8 Å². The highest BCUT2D eigenvalue weighted by Crippen LogP contribution is 2.29. The average Bonchev–Trinajstić information content (AvgIpc) is 4.27. The molecule has 0 spiro atoms. The number of unbranched alkanes of at least 4 members (excludes halogenated alkanes) is 2. The van der Waals surface area contributed by atoms with E-state index < -0.39 is 146 Å². The minimum Gasteiger partial charge on any atom is -0.508 e. The minimum atomic E-state index is -1.95. The Labute approximate surface area is 468 Å². The standard InChI is InChI=1S/C58H72N8O15/c1-5-6-7-24-81-42-22-18-38(19-23-42)36-12-10-35(11-13-36)37-14-16-39(17-15-37)52(74)59-27-43-53(75)62-47(32(3)67)57(79)65-30-41(70)26-44(65)54(76)64-49(45(71)25-34-8-20-40(69)21-9-34)55(77)63-48(33(4)68)58(80)66-29-31(2)51(73)50(66)56(78)60-28-46(72)61-43/h8-23,31-33,41,43-45,47-51,67-71,73H,5-7,24-30H2,1-4H3,(H,59,74)(H,60,78)(H,61,72)(H,62,75)(H,63,77)(H,64,76)/t31-,32?,33?,41+,43+,44-,45+,47-,48-,49-,50-,51-/m0/s1. The van der Waals surface area contributed by atoms with Crippen LogP contribution in [0.5, 0.6) is 11.5 Å². The second kappa shape index (κ2) is 27.5. The summed E-state index contributed by atoms with van der Waals surface area (Å²) in [4.78, 5) is 115. The van der Waals surface area contributed by atoms with Crippen molar-refractivity contribution < 1.29 is 73.7 Å². The summed E-state index contributed by atoms with van der Waals surface area (Å²) >= 11 is 0. The van der Waals surface area contributed by atoms with E-state index in [1.165, 1.54) is 31.2 Å². The van der Waals surface area contributed by atoms with E-state index >= 15 is 0 Å². The predicted octanol–water partition coefficient (Wildman–Crippen LogP) is -0.371. The van der Waals surface area contributed by atoms with E-state index in [-0.39, 0.29) is 24.3 Å². The third kappa shape index (κ3) is 15.3. The molecule has 3 heterocycles. The first-order valence-electron chi connectivity index (χ1n) is 27.1. The highest BCUT2D eigenvalue weighted by Gasteiger charge is 2.49. The van der Waals surface area contributed by atoms with Gasteiger partial charge in [-0.2, -0.15) is 0 Å². The maximum atomic E-state index is 14.4. The number of phenols is 1. The summed E-state index contributed by atoms with van der Waals surface area (Å²) < 4.78 is 5.84. The fourth-order valence-electron chi connectivity index (χ4n) is 10.0. The molecule has 434 valence electrons. The van der Waals surface area contributed by atoms with Crippen molar-refractivity contribution >= 4 is 47.3 Å². The molecule has 12 N–H and O–H groups in total. The Balaban J connectivity index is 1.12. The molecule has 3 fully saturated rings. The number of hydrogen-bond donors (Lipinski definition) is 12. The van der Waals surface area contributed by atoms with Gasteiger partial charge in [0.15, 0.2) is 0 Å². The zero-order valence-corrected chi connectivity index (χ0v) is 45.5. The number of rotatable bonds is 15. The summed E-state index contributed by atoms with van der Waals surface area (Å²) in [6.45, 7) is 4.37. The summed E-state index contributed by atoms with van der Waals surface area (Å²) in [6.07, 6.45) is -5.60. The van der Waals surface area contributed by atoms with Gasteiger partial charge in [0, 0.05) is 44.0 Å². The number of benzene rings is 4. The number of fused-ring (bicyclic) bond motifs is 2. The number of phenolic OH excluding ortho intramolecular Hbond substituents is 1. The van der Waals surface area contributed by atoms with Crippen molar-refractivity contribution in [3.8, 4) is 33.8 Å². The highest BCUT2D eigenvalue weighted by atomic mass is 16.5. The van der Waals surface area contributed by atoms with Gasteiger partial charge in [-0.1, -0.05) is 87.4 Å². The smallest absolute Gasteiger partial charge is 0.251 e. The lowest BCUT2D eigenvalue weighted by Gasteiger charge is -2.33. The summed E-state index contributed by atoms with van der Waals surface area (Å²) in [5.41, 5.74) is 4.18. The van der Waals surface area contributed by atoms with Crippen molar-refractivity contribution in [1.29, 1.82) is 0 Å². The Bertz CT molecular complexity index is 2870. The van der Waals surface area contributed by atoms with Gasteiger partial charge < -0.3 is 77.1 Å². The quantitative estimate of drug-likeness (QED) is 0.0676. The lowest BCUT2D eigenvalue weighted by atomic mass is 9.99. The maximum Gasteiger partial charge on any atom is 0.251 e.